The van der Waals surface area contributed by atoms with Gasteiger partial charge in [0.05, 0.1) is 5.54 Å². The average Bonchev–Trinajstić information content (AvgIpc) is 2.62. The number of aromatic nitrogens is 2. The van der Waals surface area contributed by atoms with Crippen LogP contribution >= 0.6 is 0 Å². The Morgan fingerprint density at radius 2 is 1.90 bits per heavy atom. The van der Waals surface area contributed by atoms with Crippen LogP contribution in [0.4, 0.5) is 0 Å². The highest BCUT2D eigenvalue weighted by Gasteiger charge is 2.28. The number of nitrogens with zero attached hydrogens (tertiary/aromatic N) is 2. The molecule has 0 radical (unpaired) electrons. The van der Waals surface area contributed by atoms with Gasteiger partial charge in [0.1, 0.15) is 6.61 Å². The minimum absolute atomic E-state index is 0.154. The van der Waals surface area contributed by atoms with E-state index in [1.54, 1.807) is 17.0 Å². The van der Waals surface area contributed by atoms with Crippen molar-refractivity contribution >= 4 is 0 Å². The molecule has 0 aromatic carbocycles. The van der Waals surface area contributed by atoms with Crippen LogP contribution in [0.3, 0.4) is 0 Å². The topological polar surface area (TPSA) is 70.1 Å². The molecule has 0 bridgehead atoms. The molecule has 1 fully saturated rings. The Bertz CT molecular complexity index is 523. The molecule has 1 heterocycles. The molecule has 2 N–H and O–H groups in total. The fourth-order valence-corrected chi connectivity index (χ4v) is 2.81. The molecule has 0 aliphatic heterocycles. The molecule has 21 heavy (non-hydrogen) atoms. The molecule has 1 aromatic heterocycles. The van der Waals surface area contributed by atoms with E-state index >= 15 is 0 Å². The summed E-state index contributed by atoms with van der Waals surface area (Å²) in [7, 11) is 0. The first-order chi connectivity index (χ1) is 9.82. The highest BCUT2D eigenvalue weighted by molar-refractivity contribution is 5.07. The Morgan fingerprint density at radius 3 is 2.48 bits per heavy atom. The van der Waals surface area contributed by atoms with E-state index in [0.717, 1.165) is 25.7 Å². The number of hydrogen-bond acceptors (Lipinski definition) is 4. The molecule has 1 aromatic rings. The van der Waals surface area contributed by atoms with Crippen molar-refractivity contribution in [3.63, 3.8) is 0 Å². The monoisotopic (exact) mass is 293 g/mol. The van der Waals surface area contributed by atoms with Crippen LogP contribution in [-0.2, 0) is 5.54 Å². The molecule has 0 amide bonds. The molecule has 5 nitrogen and oxygen atoms in total. The van der Waals surface area contributed by atoms with Crippen molar-refractivity contribution in [3.8, 4) is 5.88 Å². The zero-order chi connectivity index (χ0) is 15.5. The molecular formula is C16H27N3O2. The van der Waals surface area contributed by atoms with Gasteiger partial charge in [0.25, 0.3) is 5.88 Å². The highest BCUT2D eigenvalue weighted by atomic mass is 16.5. The molecule has 118 valence electrons. The van der Waals surface area contributed by atoms with Gasteiger partial charge in [-0.25, -0.2) is 4.98 Å². The van der Waals surface area contributed by atoms with Crippen molar-refractivity contribution in [1.82, 2.24) is 9.55 Å². The summed E-state index contributed by atoms with van der Waals surface area (Å²) < 4.78 is 7.35. The van der Waals surface area contributed by atoms with Gasteiger partial charge in [-0.1, -0.05) is 25.7 Å². The minimum atomic E-state index is -0.326. The van der Waals surface area contributed by atoms with Crippen LogP contribution in [0.25, 0.3) is 0 Å². The highest BCUT2D eigenvalue weighted by Crippen LogP contribution is 2.25. The van der Waals surface area contributed by atoms with Gasteiger partial charge in [-0.2, -0.15) is 0 Å². The Balaban J connectivity index is 2.12. The van der Waals surface area contributed by atoms with Gasteiger partial charge in [0.2, 0.25) is 0 Å². The van der Waals surface area contributed by atoms with E-state index in [0.29, 0.717) is 6.61 Å². The number of ether oxygens (including phenoxy) is 1. The van der Waals surface area contributed by atoms with Crippen LogP contribution < -0.4 is 16.0 Å². The van der Waals surface area contributed by atoms with Gasteiger partial charge in [0, 0.05) is 17.9 Å². The van der Waals surface area contributed by atoms with Crippen LogP contribution in [0.15, 0.2) is 17.2 Å². The zero-order valence-electron chi connectivity index (χ0n) is 13.4. The molecule has 0 spiro atoms. The van der Waals surface area contributed by atoms with Crippen molar-refractivity contribution in [2.45, 2.75) is 70.4 Å². The fourth-order valence-electron chi connectivity index (χ4n) is 2.81. The number of rotatable bonds is 3. The number of nitrogens with two attached hydrogens (primary N) is 1. The normalized spacial score (nSPS) is 19.0. The van der Waals surface area contributed by atoms with Gasteiger partial charge in [-0.3, -0.25) is 4.79 Å². The van der Waals surface area contributed by atoms with E-state index in [2.05, 4.69) is 4.98 Å². The summed E-state index contributed by atoms with van der Waals surface area (Å²) >= 11 is 0. The molecular weight excluding hydrogens is 266 g/mol. The van der Waals surface area contributed by atoms with Crippen LogP contribution in [0.1, 0.15) is 59.3 Å². The molecule has 1 aliphatic rings. The summed E-state index contributed by atoms with van der Waals surface area (Å²) in [6, 6.07) is 0. The molecule has 5 heteroatoms. The minimum Gasteiger partial charge on any atom is -0.472 e. The second kappa shape index (κ2) is 6.18. The van der Waals surface area contributed by atoms with Crippen molar-refractivity contribution in [2.24, 2.45) is 5.73 Å². The lowest BCUT2D eigenvalue weighted by Gasteiger charge is -2.28. The quantitative estimate of drug-likeness (QED) is 0.869. The van der Waals surface area contributed by atoms with Crippen molar-refractivity contribution < 1.29 is 4.74 Å². The van der Waals surface area contributed by atoms with Crippen molar-refractivity contribution in [2.75, 3.05) is 6.61 Å². The van der Waals surface area contributed by atoms with E-state index in [-0.39, 0.29) is 22.5 Å². The molecule has 0 atom stereocenters. The summed E-state index contributed by atoms with van der Waals surface area (Å²) in [5.41, 5.74) is 5.61. The third-order valence-corrected chi connectivity index (χ3v) is 4.13. The Morgan fingerprint density at radius 1 is 1.29 bits per heavy atom. The summed E-state index contributed by atoms with van der Waals surface area (Å²) in [5.74, 6) is 0.154. The fraction of sp³-hybridized carbons (Fsp3) is 0.750. The van der Waals surface area contributed by atoms with Crippen molar-refractivity contribution in [3.05, 3.63) is 22.7 Å². The van der Waals surface area contributed by atoms with E-state index in [1.165, 1.54) is 12.8 Å². The zero-order valence-corrected chi connectivity index (χ0v) is 13.4. The molecule has 2 rings (SSSR count). The third-order valence-electron chi connectivity index (χ3n) is 4.13. The van der Waals surface area contributed by atoms with Crippen molar-refractivity contribution in [1.29, 1.82) is 0 Å². The first-order valence-corrected chi connectivity index (χ1v) is 7.82. The Labute approximate surface area is 126 Å². The van der Waals surface area contributed by atoms with Crippen LogP contribution in [0.2, 0.25) is 0 Å². The van der Waals surface area contributed by atoms with Gasteiger partial charge in [-0.05, 0) is 33.6 Å². The van der Waals surface area contributed by atoms with Crippen LogP contribution in [0.5, 0.6) is 5.88 Å². The standard InChI is InChI=1S/C16H27N3O2/c1-15(2,3)19-11-10-18-13(14(19)20)21-12-16(17)8-6-4-5-7-9-16/h10-11H,4-9,12,17H2,1-3H3. The largest absolute Gasteiger partial charge is 0.472 e. The molecule has 0 saturated heterocycles. The lowest BCUT2D eigenvalue weighted by molar-refractivity contribution is 0.188. The lowest BCUT2D eigenvalue weighted by atomic mass is 9.93. The van der Waals surface area contributed by atoms with Gasteiger partial charge in [-0.15, -0.1) is 0 Å². The maximum Gasteiger partial charge on any atom is 0.313 e. The van der Waals surface area contributed by atoms with Gasteiger partial charge >= 0.3 is 5.56 Å². The van der Waals surface area contributed by atoms with Gasteiger partial charge in [0.15, 0.2) is 0 Å². The Hall–Kier alpha value is -1.36. The first-order valence-electron chi connectivity index (χ1n) is 7.82. The smallest absolute Gasteiger partial charge is 0.313 e. The van der Waals surface area contributed by atoms with E-state index < -0.39 is 0 Å². The summed E-state index contributed by atoms with van der Waals surface area (Å²) in [6.45, 7) is 6.30. The third kappa shape index (κ3) is 4.06. The summed E-state index contributed by atoms with van der Waals surface area (Å²) in [4.78, 5) is 16.5. The first kappa shape index (κ1) is 16.0. The molecule has 1 saturated carbocycles. The maximum absolute atomic E-state index is 12.4. The Kier molecular flexibility index (Phi) is 4.71. The molecule has 0 unspecified atom stereocenters. The van der Waals surface area contributed by atoms with E-state index in [4.69, 9.17) is 10.5 Å². The number of hydrogen-bond donors (Lipinski definition) is 1. The second-order valence-electron chi connectivity index (χ2n) is 7.14. The van der Waals surface area contributed by atoms with Crippen LogP contribution in [-0.4, -0.2) is 21.7 Å². The lowest BCUT2D eigenvalue weighted by Crippen LogP contribution is -2.46. The average molecular weight is 293 g/mol. The van der Waals surface area contributed by atoms with Gasteiger partial charge < -0.3 is 15.0 Å². The SMILES string of the molecule is CC(C)(C)n1ccnc(OCC2(N)CCCCCC2)c1=O. The van der Waals surface area contributed by atoms with E-state index in [9.17, 15) is 4.79 Å². The van der Waals surface area contributed by atoms with Crippen LogP contribution in [0, 0.1) is 0 Å². The molecule has 1 aliphatic carbocycles. The predicted molar refractivity (Wildman–Crippen MR) is 83.6 cm³/mol. The summed E-state index contributed by atoms with van der Waals surface area (Å²) in [5, 5.41) is 0. The predicted octanol–water partition coefficient (Wildman–Crippen LogP) is 2.43. The second-order valence-corrected chi connectivity index (χ2v) is 7.14. The van der Waals surface area contributed by atoms with E-state index in [1.807, 2.05) is 20.8 Å². The summed E-state index contributed by atoms with van der Waals surface area (Å²) in [6.07, 6.45) is 9.94. The maximum atomic E-state index is 12.4.